The standard InChI is InChI=1S/C13H18ClNO3/c1-8(2)5-10(7-14)15-13(18)9-3-4-11(16)12(17)6-9/h3-4,6,8,10,16-17H,5,7H2,1-2H3,(H,15,18). The van der Waals surface area contributed by atoms with E-state index in [0.717, 1.165) is 6.42 Å². The average Bonchev–Trinajstić information content (AvgIpc) is 2.31. The molecule has 0 fully saturated rings. The second kappa shape index (κ2) is 6.50. The molecule has 0 heterocycles. The van der Waals surface area contributed by atoms with Gasteiger partial charge in [0.25, 0.3) is 5.91 Å². The number of hydrogen-bond donors (Lipinski definition) is 3. The first-order chi connectivity index (χ1) is 8.43. The molecule has 0 saturated heterocycles. The highest BCUT2D eigenvalue weighted by Gasteiger charge is 2.15. The minimum atomic E-state index is -0.311. The fraction of sp³-hybridized carbons (Fsp3) is 0.462. The molecule has 0 aliphatic rings. The lowest BCUT2D eigenvalue weighted by molar-refractivity contribution is 0.0936. The number of carbonyl (C=O) groups is 1. The number of aromatic hydroxyl groups is 2. The van der Waals surface area contributed by atoms with Crippen LogP contribution in [0.15, 0.2) is 18.2 Å². The Labute approximate surface area is 112 Å². The highest BCUT2D eigenvalue weighted by Crippen LogP contribution is 2.24. The van der Waals surface area contributed by atoms with Crippen LogP contribution in [0.1, 0.15) is 30.6 Å². The largest absolute Gasteiger partial charge is 0.504 e. The van der Waals surface area contributed by atoms with Gasteiger partial charge in [-0.2, -0.15) is 0 Å². The molecule has 1 atom stereocenters. The molecule has 100 valence electrons. The number of amides is 1. The molecule has 4 nitrogen and oxygen atoms in total. The molecule has 0 bridgehead atoms. The molecule has 0 aliphatic carbocycles. The van der Waals surface area contributed by atoms with Crippen molar-refractivity contribution in [3.8, 4) is 11.5 Å². The second-order valence-corrected chi connectivity index (χ2v) is 4.97. The molecule has 0 spiro atoms. The van der Waals surface area contributed by atoms with Crippen LogP contribution in [-0.4, -0.2) is 28.0 Å². The van der Waals surface area contributed by atoms with E-state index in [2.05, 4.69) is 19.2 Å². The van der Waals surface area contributed by atoms with Crippen molar-refractivity contribution in [2.75, 3.05) is 5.88 Å². The van der Waals surface area contributed by atoms with Crippen LogP contribution in [0.3, 0.4) is 0 Å². The van der Waals surface area contributed by atoms with Gasteiger partial charge in [0, 0.05) is 17.5 Å². The van der Waals surface area contributed by atoms with Crippen LogP contribution >= 0.6 is 11.6 Å². The summed E-state index contributed by atoms with van der Waals surface area (Å²) in [4.78, 5) is 11.9. The lowest BCUT2D eigenvalue weighted by Crippen LogP contribution is -2.37. The van der Waals surface area contributed by atoms with Crippen molar-refractivity contribution in [3.63, 3.8) is 0 Å². The zero-order valence-corrected chi connectivity index (χ0v) is 11.2. The minimum absolute atomic E-state index is 0.102. The van der Waals surface area contributed by atoms with Gasteiger partial charge in [-0.15, -0.1) is 11.6 Å². The highest BCUT2D eigenvalue weighted by molar-refractivity contribution is 6.18. The number of carbonyl (C=O) groups excluding carboxylic acids is 1. The molecule has 1 amide bonds. The summed E-state index contributed by atoms with van der Waals surface area (Å²) in [5.41, 5.74) is 0.296. The third-order valence-electron chi connectivity index (χ3n) is 2.52. The Bertz CT molecular complexity index is 421. The van der Waals surface area contributed by atoms with Crippen LogP contribution in [0.5, 0.6) is 11.5 Å². The Morgan fingerprint density at radius 2 is 2.00 bits per heavy atom. The smallest absolute Gasteiger partial charge is 0.251 e. The molecule has 0 aliphatic heterocycles. The molecular weight excluding hydrogens is 254 g/mol. The van der Waals surface area contributed by atoms with Crippen molar-refractivity contribution < 1.29 is 15.0 Å². The normalized spacial score (nSPS) is 12.4. The van der Waals surface area contributed by atoms with Gasteiger partial charge in [-0.1, -0.05) is 13.8 Å². The summed E-state index contributed by atoms with van der Waals surface area (Å²) in [6.07, 6.45) is 0.791. The summed E-state index contributed by atoms with van der Waals surface area (Å²) < 4.78 is 0. The van der Waals surface area contributed by atoms with Crippen LogP contribution in [0, 0.1) is 5.92 Å². The van der Waals surface area contributed by atoms with E-state index in [4.69, 9.17) is 16.7 Å². The van der Waals surface area contributed by atoms with Gasteiger partial charge in [0.2, 0.25) is 0 Å². The Morgan fingerprint density at radius 1 is 1.33 bits per heavy atom. The van der Waals surface area contributed by atoms with Crippen molar-refractivity contribution in [2.24, 2.45) is 5.92 Å². The fourth-order valence-corrected chi connectivity index (χ4v) is 1.87. The van der Waals surface area contributed by atoms with Crippen molar-refractivity contribution in [1.29, 1.82) is 0 Å². The SMILES string of the molecule is CC(C)CC(CCl)NC(=O)c1ccc(O)c(O)c1. The molecule has 3 N–H and O–H groups in total. The van der Waals surface area contributed by atoms with Gasteiger partial charge in [-0.05, 0) is 30.5 Å². The van der Waals surface area contributed by atoms with E-state index < -0.39 is 0 Å². The third-order valence-corrected chi connectivity index (χ3v) is 2.89. The molecule has 1 aromatic carbocycles. The van der Waals surface area contributed by atoms with Crippen LogP contribution in [0.2, 0.25) is 0 Å². The van der Waals surface area contributed by atoms with E-state index in [1.54, 1.807) is 0 Å². The molecule has 18 heavy (non-hydrogen) atoms. The van der Waals surface area contributed by atoms with Crippen LogP contribution in [0.4, 0.5) is 0 Å². The average molecular weight is 272 g/mol. The predicted octanol–water partition coefficient (Wildman–Crippen LogP) is 2.48. The predicted molar refractivity (Wildman–Crippen MR) is 71.2 cm³/mol. The quantitative estimate of drug-likeness (QED) is 0.569. The van der Waals surface area contributed by atoms with Crippen LogP contribution < -0.4 is 5.32 Å². The zero-order chi connectivity index (χ0) is 13.7. The van der Waals surface area contributed by atoms with E-state index in [0.29, 0.717) is 17.4 Å². The topological polar surface area (TPSA) is 69.6 Å². The number of rotatable bonds is 5. The van der Waals surface area contributed by atoms with Gasteiger partial charge in [0.1, 0.15) is 0 Å². The summed E-state index contributed by atoms with van der Waals surface area (Å²) in [6.45, 7) is 4.11. The fourth-order valence-electron chi connectivity index (χ4n) is 1.66. The molecule has 0 saturated carbocycles. The zero-order valence-electron chi connectivity index (χ0n) is 10.5. The Morgan fingerprint density at radius 3 is 2.50 bits per heavy atom. The summed E-state index contributed by atoms with van der Waals surface area (Å²) in [5, 5.41) is 21.3. The number of phenolic OH excluding ortho intramolecular Hbond substituents is 2. The number of nitrogens with one attached hydrogen (secondary N) is 1. The summed E-state index contributed by atoms with van der Waals surface area (Å²) in [6, 6.07) is 3.86. The van der Waals surface area contributed by atoms with Gasteiger partial charge in [0.05, 0.1) is 0 Å². The summed E-state index contributed by atoms with van der Waals surface area (Å²) >= 11 is 5.80. The van der Waals surface area contributed by atoms with E-state index in [1.165, 1.54) is 18.2 Å². The van der Waals surface area contributed by atoms with Crippen molar-refractivity contribution in [3.05, 3.63) is 23.8 Å². The van der Waals surface area contributed by atoms with Crippen LogP contribution in [-0.2, 0) is 0 Å². The molecular formula is C13H18ClNO3. The monoisotopic (exact) mass is 271 g/mol. The maximum absolute atomic E-state index is 11.9. The second-order valence-electron chi connectivity index (χ2n) is 4.66. The van der Waals surface area contributed by atoms with Gasteiger partial charge >= 0.3 is 0 Å². The number of halogens is 1. The van der Waals surface area contributed by atoms with Crippen LogP contribution in [0.25, 0.3) is 0 Å². The third kappa shape index (κ3) is 4.11. The van der Waals surface area contributed by atoms with Crippen molar-refractivity contribution in [2.45, 2.75) is 26.3 Å². The van der Waals surface area contributed by atoms with Gasteiger partial charge in [-0.3, -0.25) is 4.79 Å². The number of hydrogen-bond acceptors (Lipinski definition) is 3. The first kappa shape index (κ1) is 14.6. The van der Waals surface area contributed by atoms with Crippen molar-refractivity contribution in [1.82, 2.24) is 5.32 Å². The maximum atomic E-state index is 11.9. The first-order valence-corrected chi connectivity index (χ1v) is 6.36. The molecule has 0 radical (unpaired) electrons. The first-order valence-electron chi connectivity index (χ1n) is 5.82. The van der Waals surface area contributed by atoms with E-state index >= 15 is 0 Å². The molecule has 0 aromatic heterocycles. The number of alkyl halides is 1. The van der Waals surface area contributed by atoms with E-state index in [-0.39, 0.29) is 23.4 Å². The lowest BCUT2D eigenvalue weighted by atomic mass is 10.0. The lowest BCUT2D eigenvalue weighted by Gasteiger charge is -2.18. The molecule has 5 heteroatoms. The van der Waals surface area contributed by atoms with Gasteiger partial charge in [0.15, 0.2) is 11.5 Å². The molecule has 1 rings (SSSR count). The summed E-state index contributed by atoms with van der Waals surface area (Å²) in [5.74, 6) is -0.0935. The maximum Gasteiger partial charge on any atom is 0.251 e. The summed E-state index contributed by atoms with van der Waals surface area (Å²) in [7, 11) is 0. The van der Waals surface area contributed by atoms with E-state index in [9.17, 15) is 9.90 Å². The molecule has 1 aromatic rings. The number of phenols is 2. The number of benzene rings is 1. The van der Waals surface area contributed by atoms with Gasteiger partial charge < -0.3 is 15.5 Å². The van der Waals surface area contributed by atoms with E-state index in [1.807, 2.05) is 0 Å². The van der Waals surface area contributed by atoms with Crippen molar-refractivity contribution >= 4 is 17.5 Å². The Kier molecular flexibility index (Phi) is 5.28. The Balaban J connectivity index is 2.71. The highest BCUT2D eigenvalue weighted by atomic mass is 35.5. The van der Waals surface area contributed by atoms with Gasteiger partial charge in [-0.25, -0.2) is 0 Å². The Hall–Kier alpha value is -1.42. The molecule has 1 unspecified atom stereocenters. The minimum Gasteiger partial charge on any atom is -0.504 e.